The molecule has 0 aliphatic rings. The Morgan fingerprint density at radius 1 is 1.07 bits per heavy atom. The van der Waals surface area contributed by atoms with Gasteiger partial charge >= 0.3 is 11.8 Å². The summed E-state index contributed by atoms with van der Waals surface area (Å²) in [5, 5.41) is 7.34. The van der Waals surface area contributed by atoms with Crippen LogP contribution in [0.1, 0.15) is 11.1 Å². The fourth-order valence-electron chi connectivity index (χ4n) is 1.98. The van der Waals surface area contributed by atoms with Gasteiger partial charge in [-0.05, 0) is 35.9 Å². The number of halogens is 2. The summed E-state index contributed by atoms with van der Waals surface area (Å²) in [5.74, 6) is -1.18. The molecular weight excluding hydrogens is 389 g/mol. The van der Waals surface area contributed by atoms with Crippen LogP contribution in [-0.4, -0.2) is 24.6 Å². The fourth-order valence-corrected chi connectivity index (χ4v) is 2.28. The number of hydrogen-bond donors (Lipinski definition) is 2. The van der Waals surface area contributed by atoms with Gasteiger partial charge in [0.05, 0.1) is 6.21 Å². The molecule has 0 radical (unpaired) electrons. The first-order valence-corrected chi connectivity index (χ1v) is 8.64. The Morgan fingerprint density at radius 2 is 1.78 bits per heavy atom. The van der Waals surface area contributed by atoms with E-state index in [0.717, 1.165) is 5.56 Å². The third kappa shape index (κ3) is 6.77. The first-order chi connectivity index (χ1) is 13.0. The van der Waals surface area contributed by atoms with Gasteiger partial charge in [-0.15, -0.1) is 0 Å². The number of hydrogen-bond acceptors (Lipinski definition) is 4. The largest absolute Gasteiger partial charge is 0.489 e. The third-order valence-electron chi connectivity index (χ3n) is 3.27. The summed E-state index contributed by atoms with van der Waals surface area (Å²) in [6, 6.07) is 11.9. The van der Waals surface area contributed by atoms with Crippen LogP contribution in [0, 0.1) is 0 Å². The van der Waals surface area contributed by atoms with Gasteiger partial charge in [0.15, 0.2) is 0 Å². The van der Waals surface area contributed by atoms with Crippen LogP contribution in [0.25, 0.3) is 0 Å². The van der Waals surface area contributed by atoms with E-state index in [1.807, 2.05) is 0 Å². The van der Waals surface area contributed by atoms with E-state index in [-0.39, 0.29) is 6.54 Å². The Hall–Kier alpha value is -2.83. The third-order valence-corrected chi connectivity index (χ3v) is 3.76. The summed E-state index contributed by atoms with van der Waals surface area (Å²) in [4.78, 5) is 23.6. The van der Waals surface area contributed by atoms with Gasteiger partial charge in [0, 0.05) is 22.2 Å². The summed E-state index contributed by atoms with van der Waals surface area (Å²) in [6.45, 7) is 4.08. The lowest BCUT2D eigenvalue weighted by Gasteiger charge is -2.07. The first kappa shape index (κ1) is 20.5. The predicted molar refractivity (Wildman–Crippen MR) is 106 cm³/mol. The molecule has 2 aromatic carbocycles. The van der Waals surface area contributed by atoms with Crippen LogP contribution in [0.15, 0.2) is 60.2 Å². The Kier molecular flexibility index (Phi) is 7.85. The summed E-state index contributed by atoms with van der Waals surface area (Å²) >= 11 is 11.7. The van der Waals surface area contributed by atoms with Gasteiger partial charge < -0.3 is 10.1 Å². The normalized spacial score (nSPS) is 10.4. The molecule has 0 unspecified atom stereocenters. The molecule has 2 aromatic rings. The highest BCUT2D eigenvalue weighted by molar-refractivity contribution is 6.35. The molecule has 0 spiro atoms. The minimum absolute atomic E-state index is 0.195. The molecule has 2 amide bonds. The van der Waals surface area contributed by atoms with Crippen molar-refractivity contribution in [1.29, 1.82) is 0 Å². The fraction of sp³-hybridized carbons (Fsp3) is 0.105. The smallest absolute Gasteiger partial charge is 0.329 e. The predicted octanol–water partition coefficient (Wildman–Crippen LogP) is 3.32. The van der Waals surface area contributed by atoms with Crippen LogP contribution in [-0.2, 0) is 16.1 Å². The summed E-state index contributed by atoms with van der Waals surface area (Å²) in [6.07, 6.45) is 2.94. The zero-order chi connectivity index (χ0) is 19.6. The molecule has 0 fully saturated rings. The molecule has 140 valence electrons. The maximum Gasteiger partial charge on any atom is 0.329 e. The zero-order valence-corrected chi connectivity index (χ0v) is 15.8. The Labute approximate surface area is 166 Å². The standard InChI is InChI=1S/C19H17Cl2N3O3/c1-2-9-27-17-8-7-16(21)10-14(17)12-23-24-19(26)18(25)22-11-13-3-5-15(20)6-4-13/h2-8,10,12H,1,9,11H2,(H,22,25)(H,24,26)/b23-12-. The second kappa shape index (κ2) is 10.4. The Bertz CT molecular complexity index is 852. The van der Waals surface area contributed by atoms with E-state index < -0.39 is 11.8 Å². The molecule has 6 nitrogen and oxygen atoms in total. The van der Waals surface area contributed by atoms with E-state index in [0.29, 0.717) is 28.0 Å². The van der Waals surface area contributed by atoms with E-state index in [2.05, 4.69) is 22.4 Å². The second-order valence-electron chi connectivity index (χ2n) is 5.29. The highest BCUT2D eigenvalue weighted by Crippen LogP contribution is 2.21. The van der Waals surface area contributed by atoms with Crippen molar-refractivity contribution in [3.63, 3.8) is 0 Å². The number of benzene rings is 2. The maximum atomic E-state index is 11.8. The number of nitrogens with one attached hydrogen (secondary N) is 2. The van der Waals surface area contributed by atoms with Crippen molar-refractivity contribution in [2.24, 2.45) is 5.10 Å². The van der Waals surface area contributed by atoms with Gasteiger partial charge in [0.1, 0.15) is 12.4 Å². The Morgan fingerprint density at radius 3 is 2.48 bits per heavy atom. The van der Waals surface area contributed by atoms with Gasteiger partial charge in [-0.2, -0.15) is 5.10 Å². The number of carbonyl (C=O) groups is 2. The molecule has 27 heavy (non-hydrogen) atoms. The number of nitrogens with zero attached hydrogens (tertiary/aromatic N) is 1. The van der Waals surface area contributed by atoms with Crippen LogP contribution in [0.5, 0.6) is 5.75 Å². The van der Waals surface area contributed by atoms with Gasteiger partial charge in [-0.25, -0.2) is 5.43 Å². The van der Waals surface area contributed by atoms with Crippen molar-refractivity contribution in [1.82, 2.24) is 10.7 Å². The lowest BCUT2D eigenvalue weighted by Crippen LogP contribution is -2.37. The molecule has 0 saturated carbocycles. The molecular formula is C19H17Cl2N3O3. The van der Waals surface area contributed by atoms with Gasteiger partial charge in [-0.3, -0.25) is 9.59 Å². The number of amides is 2. The van der Waals surface area contributed by atoms with Crippen molar-refractivity contribution in [3.05, 3.63) is 76.3 Å². The van der Waals surface area contributed by atoms with Crippen molar-refractivity contribution in [2.45, 2.75) is 6.54 Å². The zero-order valence-electron chi connectivity index (χ0n) is 14.2. The lowest BCUT2D eigenvalue weighted by molar-refractivity contribution is -0.139. The van der Waals surface area contributed by atoms with E-state index in [9.17, 15) is 9.59 Å². The SMILES string of the molecule is C=CCOc1ccc(Cl)cc1/C=N\NC(=O)C(=O)NCc1ccc(Cl)cc1. The Balaban J connectivity index is 1.90. The number of rotatable bonds is 7. The minimum atomic E-state index is -0.893. The molecule has 0 atom stereocenters. The van der Waals surface area contributed by atoms with Crippen molar-refractivity contribution < 1.29 is 14.3 Å². The van der Waals surface area contributed by atoms with Gasteiger partial charge in [0.2, 0.25) is 0 Å². The molecule has 0 aliphatic carbocycles. The average molecular weight is 406 g/mol. The lowest BCUT2D eigenvalue weighted by atomic mass is 10.2. The molecule has 0 heterocycles. The van der Waals surface area contributed by atoms with E-state index in [1.165, 1.54) is 6.21 Å². The maximum absolute atomic E-state index is 11.8. The molecule has 0 aromatic heterocycles. The summed E-state index contributed by atoms with van der Waals surface area (Å²) < 4.78 is 5.47. The second-order valence-corrected chi connectivity index (χ2v) is 6.16. The van der Waals surface area contributed by atoms with Crippen molar-refractivity contribution >= 4 is 41.2 Å². The summed E-state index contributed by atoms with van der Waals surface area (Å²) in [5.41, 5.74) is 3.52. The van der Waals surface area contributed by atoms with Crippen LogP contribution in [0.2, 0.25) is 10.0 Å². The number of carbonyl (C=O) groups excluding carboxylic acids is 2. The highest BCUT2D eigenvalue weighted by atomic mass is 35.5. The van der Waals surface area contributed by atoms with Crippen LogP contribution in [0.3, 0.4) is 0 Å². The number of ether oxygens (including phenoxy) is 1. The molecule has 0 saturated heterocycles. The molecule has 8 heteroatoms. The molecule has 2 N–H and O–H groups in total. The minimum Gasteiger partial charge on any atom is -0.489 e. The van der Waals surface area contributed by atoms with Gasteiger partial charge in [0.25, 0.3) is 0 Å². The monoisotopic (exact) mass is 405 g/mol. The van der Waals surface area contributed by atoms with Crippen molar-refractivity contribution in [2.75, 3.05) is 6.61 Å². The van der Waals surface area contributed by atoms with Crippen molar-refractivity contribution in [3.8, 4) is 5.75 Å². The number of hydrazone groups is 1. The summed E-state index contributed by atoms with van der Waals surface area (Å²) in [7, 11) is 0. The molecule has 0 bridgehead atoms. The molecule has 0 aliphatic heterocycles. The van der Waals surface area contributed by atoms with Crippen LogP contribution >= 0.6 is 23.2 Å². The van der Waals surface area contributed by atoms with E-state index in [1.54, 1.807) is 48.5 Å². The topological polar surface area (TPSA) is 79.8 Å². The van der Waals surface area contributed by atoms with Crippen LogP contribution < -0.4 is 15.5 Å². The van der Waals surface area contributed by atoms with Gasteiger partial charge in [-0.1, -0.05) is 48.0 Å². The van der Waals surface area contributed by atoms with E-state index >= 15 is 0 Å². The van der Waals surface area contributed by atoms with Crippen LogP contribution in [0.4, 0.5) is 0 Å². The first-order valence-electron chi connectivity index (χ1n) is 7.88. The molecule has 2 rings (SSSR count). The van der Waals surface area contributed by atoms with E-state index in [4.69, 9.17) is 27.9 Å². The average Bonchev–Trinajstić information content (AvgIpc) is 2.66. The quantitative estimate of drug-likeness (QED) is 0.321. The highest BCUT2D eigenvalue weighted by Gasteiger charge is 2.12.